The zero-order valence-electron chi connectivity index (χ0n) is 10.9. The summed E-state index contributed by atoms with van der Waals surface area (Å²) in [6, 6.07) is 5.70. The van der Waals surface area contributed by atoms with E-state index >= 15 is 0 Å². The number of hydrogen-bond donors (Lipinski definition) is 1. The maximum absolute atomic E-state index is 8.48. The lowest BCUT2D eigenvalue weighted by molar-refractivity contribution is 0.366. The molecule has 0 atom stereocenters. The number of hydrogen-bond acceptors (Lipinski definition) is 5. The van der Waals surface area contributed by atoms with Crippen LogP contribution in [-0.4, -0.2) is 27.9 Å². The Kier molecular flexibility index (Phi) is 5.81. The highest BCUT2D eigenvalue weighted by molar-refractivity contribution is 5.50. The summed E-state index contributed by atoms with van der Waals surface area (Å²) < 4.78 is 15.8. The van der Waals surface area contributed by atoms with Crippen molar-refractivity contribution in [1.82, 2.24) is 5.32 Å². The summed E-state index contributed by atoms with van der Waals surface area (Å²) in [4.78, 5) is 0. The molecule has 1 rings (SSSR count). The van der Waals surface area contributed by atoms with Crippen LogP contribution in [-0.2, 0) is 6.54 Å². The fourth-order valence-corrected chi connectivity index (χ4v) is 1.61. The van der Waals surface area contributed by atoms with Crippen LogP contribution < -0.4 is 19.5 Å². The highest BCUT2D eigenvalue weighted by Gasteiger charge is 2.12. The summed E-state index contributed by atoms with van der Waals surface area (Å²) in [5.74, 6) is 2.09. The predicted molar refractivity (Wildman–Crippen MR) is 68.0 cm³/mol. The smallest absolute Gasteiger partial charge is 0.130 e. The zero-order valence-corrected chi connectivity index (χ0v) is 10.9. The quantitative estimate of drug-likeness (QED) is 0.746. The van der Waals surface area contributed by atoms with Crippen molar-refractivity contribution >= 4 is 0 Å². The van der Waals surface area contributed by atoms with Crippen LogP contribution in [0.4, 0.5) is 0 Å². The Balaban J connectivity index is 2.89. The number of benzene rings is 1. The van der Waals surface area contributed by atoms with Gasteiger partial charge in [-0.1, -0.05) is 0 Å². The number of nitriles is 1. The summed E-state index contributed by atoms with van der Waals surface area (Å²) in [5, 5.41) is 11.6. The third-order valence-corrected chi connectivity index (χ3v) is 2.53. The summed E-state index contributed by atoms with van der Waals surface area (Å²) in [6.45, 7) is 1.22. The maximum Gasteiger partial charge on any atom is 0.130 e. The SMILES string of the molecule is COc1cc(OC)c(CNCCC#N)c(OC)c1. The molecule has 0 fully saturated rings. The second-order valence-electron chi connectivity index (χ2n) is 3.60. The van der Waals surface area contributed by atoms with Gasteiger partial charge in [0, 0.05) is 31.6 Å². The largest absolute Gasteiger partial charge is 0.496 e. The van der Waals surface area contributed by atoms with Crippen LogP contribution in [0.25, 0.3) is 0 Å². The van der Waals surface area contributed by atoms with Crippen molar-refractivity contribution in [3.05, 3.63) is 17.7 Å². The number of nitrogens with one attached hydrogen (secondary N) is 1. The van der Waals surface area contributed by atoms with Gasteiger partial charge in [0.2, 0.25) is 0 Å². The summed E-state index contributed by atoms with van der Waals surface area (Å²) >= 11 is 0. The molecule has 98 valence electrons. The molecule has 0 spiro atoms. The van der Waals surface area contributed by atoms with E-state index in [2.05, 4.69) is 11.4 Å². The van der Waals surface area contributed by atoms with E-state index in [0.717, 1.165) is 5.56 Å². The molecular weight excluding hydrogens is 232 g/mol. The summed E-state index contributed by atoms with van der Waals surface area (Å²) in [7, 11) is 4.80. The van der Waals surface area contributed by atoms with Crippen LogP contribution in [0.15, 0.2) is 12.1 Å². The Morgan fingerprint density at radius 1 is 1.11 bits per heavy atom. The van der Waals surface area contributed by atoms with Crippen LogP contribution in [0, 0.1) is 11.3 Å². The molecule has 0 saturated heterocycles. The van der Waals surface area contributed by atoms with E-state index in [1.54, 1.807) is 21.3 Å². The van der Waals surface area contributed by atoms with Crippen LogP contribution in [0.2, 0.25) is 0 Å². The predicted octanol–water partition coefficient (Wildman–Crippen LogP) is 1.72. The molecule has 1 N–H and O–H groups in total. The Morgan fingerprint density at radius 2 is 1.72 bits per heavy atom. The van der Waals surface area contributed by atoms with Crippen molar-refractivity contribution in [2.24, 2.45) is 0 Å². The van der Waals surface area contributed by atoms with Crippen molar-refractivity contribution in [2.75, 3.05) is 27.9 Å². The molecule has 1 aromatic carbocycles. The molecule has 5 heteroatoms. The van der Waals surface area contributed by atoms with E-state index in [1.165, 1.54) is 0 Å². The number of ether oxygens (including phenoxy) is 3. The Hall–Kier alpha value is -1.93. The lowest BCUT2D eigenvalue weighted by Crippen LogP contribution is -2.15. The van der Waals surface area contributed by atoms with Gasteiger partial charge in [-0.3, -0.25) is 0 Å². The lowest BCUT2D eigenvalue weighted by atomic mass is 10.1. The van der Waals surface area contributed by atoms with Crippen molar-refractivity contribution in [3.63, 3.8) is 0 Å². The summed E-state index contributed by atoms with van der Waals surface area (Å²) in [5.41, 5.74) is 0.915. The zero-order chi connectivity index (χ0) is 13.4. The van der Waals surface area contributed by atoms with E-state index < -0.39 is 0 Å². The van der Waals surface area contributed by atoms with Gasteiger partial charge in [0.1, 0.15) is 17.2 Å². The molecule has 0 aliphatic carbocycles. The van der Waals surface area contributed by atoms with Crippen molar-refractivity contribution < 1.29 is 14.2 Å². The molecule has 0 aliphatic rings. The molecule has 0 aliphatic heterocycles. The Morgan fingerprint density at radius 3 is 2.17 bits per heavy atom. The van der Waals surface area contributed by atoms with E-state index in [9.17, 15) is 0 Å². The average molecular weight is 250 g/mol. The molecule has 0 unspecified atom stereocenters. The second-order valence-corrected chi connectivity index (χ2v) is 3.60. The lowest BCUT2D eigenvalue weighted by Gasteiger charge is -2.15. The molecular formula is C13H18N2O3. The van der Waals surface area contributed by atoms with E-state index in [-0.39, 0.29) is 0 Å². The topological polar surface area (TPSA) is 63.5 Å². The van der Waals surface area contributed by atoms with Gasteiger partial charge < -0.3 is 19.5 Å². The van der Waals surface area contributed by atoms with Gasteiger partial charge in [-0.25, -0.2) is 0 Å². The van der Waals surface area contributed by atoms with Crippen molar-refractivity contribution in [2.45, 2.75) is 13.0 Å². The molecule has 1 aromatic rings. The highest BCUT2D eigenvalue weighted by atomic mass is 16.5. The van der Waals surface area contributed by atoms with Gasteiger partial charge in [0.15, 0.2) is 0 Å². The monoisotopic (exact) mass is 250 g/mol. The molecule has 0 radical (unpaired) electrons. The molecule has 0 amide bonds. The molecule has 0 bridgehead atoms. The maximum atomic E-state index is 8.48. The van der Waals surface area contributed by atoms with E-state index in [4.69, 9.17) is 19.5 Å². The van der Waals surface area contributed by atoms with Crippen LogP contribution in [0.1, 0.15) is 12.0 Å². The minimum absolute atomic E-state index is 0.473. The first-order valence-electron chi connectivity index (χ1n) is 5.63. The van der Waals surface area contributed by atoms with Crippen molar-refractivity contribution in [1.29, 1.82) is 5.26 Å². The fraction of sp³-hybridized carbons (Fsp3) is 0.462. The third-order valence-electron chi connectivity index (χ3n) is 2.53. The average Bonchev–Trinajstić information content (AvgIpc) is 2.42. The molecule has 0 aromatic heterocycles. The Labute approximate surface area is 107 Å². The van der Waals surface area contributed by atoms with Crippen LogP contribution in [0.3, 0.4) is 0 Å². The third kappa shape index (κ3) is 3.54. The van der Waals surface area contributed by atoms with Crippen molar-refractivity contribution in [3.8, 4) is 23.3 Å². The minimum atomic E-state index is 0.473. The molecule has 0 saturated carbocycles. The van der Waals surface area contributed by atoms with E-state index in [0.29, 0.717) is 36.8 Å². The molecule has 5 nitrogen and oxygen atoms in total. The first-order valence-corrected chi connectivity index (χ1v) is 5.63. The normalized spacial score (nSPS) is 9.67. The van der Waals surface area contributed by atoms with Gasteiger partial charge in [0.25, 0.3) is 0 Å². The Bertz CT molecular complexity index is 402. The van der Waals surface area contributed by atoms with Gasteiger partial charge in [-0.05, 0) is 0 Å². The molecule has 18 heavy (non-hydrogen) atoms. The first kappa shape index (κ1) is 14.1. The van der Waals surface area contributed by atoms with Gasteiger partial charge in [-0.2, -0.15) is 5.26 Å². The van der Waals surface area contributed by atoms with Gasteiger partial charge in [-0.15, -0.1) is 0 Å². The second kappa shape index (κ2) is 7.41. The van der Waals surface area contributed by atoms with E-state index in [1.807, 2.05) is 12.1 Å². The number of rotatable bonds is 7. The first-order chi connectivity index (χ1) is 8.76. The fourth-order valence-electron chi connectivity index (χ4n) is 1.61. The van der Waals surface area contributed by atoms with Crippen LogP contribution >= 0.6 is 0 Å². The van der Waals surface area contributed by atoms with Gasteiger partial charge in [0.05, 0.1) is 33.0 Å². The van der Waals surface area contributed by atoms with Crippen LogP contribution in [0.5, 0.6) is 17.2 Å². The molecule has 0 heterocycles. The number of nitrogens with zero attached hydrogens (tertiary/aromatic N) is 1. The standard InChI is InChI=1S/C13H18N2O3/c1-16-10-7-12(17-2)11(13(8-10)18-3)9-15-6-4-5-14/h7-8,15H,4,6,9H2,1-3H3. The van der Waals surface area contributed by atoms with Gasteiger partial charge >= 0.3 is 0 Å². The minimum Gasteiger partial charge on any atom is -0.496 e. The highest BCUT2D eigenvalue weighted by Crippen LogP contribution is 2.33. The summed E-state index contributed by atoms with van der Waals surface area (Å²) in [6.07, 6.45) is 0.473. The number of methoxy groups -OCH3 is 3.